The number of carbonyl (C=O) groups is 2. The van der Waals surface area contributed by atoms with E-state index in [-0.39, 0.29) is 17.6 Å². The minimum absolute atomic E-state index is 0.148. The van der Waals surface area contributed by atoms with Crippen molar-refractivity contribution in [2.24, 2.45) is 0 Å². The minimum atomic E-state index is -0.484. The molecule has 0 spiro atoms. The van der Waals surface area contributed by atoms with E-state index in [1.807, 2.05) is 19.1 Å². The van der Waals surface area contributed by atoms with Crippen LogP contribution in [-0.2, 0) is 6.54 Å². The van der Waals surface area contributed by atoms with Gasteiger partial charge in [0.05, 0.1) is 11.4 Å². The van der Waals surface area contributed by atoms with Crippen LogP contribution in [0.3, 0.4) is 0 Å². The van der Waals surface area contributed by atoms with Gasteiger partial charge >= 0.3 is 6.03 Å². The third-order valence-electron chi connectivity index (χ3n) is 5.72. The number of aromatic nitrogens is 1. The molecule has 2 N–H and O–H groups in total. The quantitative estimate of drug-likeness (QED) is 0.515. The number of nitrogens with one attached hydrogen (secondary N) is 2. The minimum Gasteiger partial charge on any atom is -0.441 e. The second kappa shape index (κ2) is 10.4. The second-order valence-electron chi connectivity index (χ2n) is 8.00. The molecule has 2 heterocycles. The third kappa shape index (κ3) is 5.45. The zero-order chi connectivity index (χ0) is 24.2. The van der Waals surface area contributed by atoms with E-state index in [9.17, 15) is 14.0 Å². The van der Waals surface area contributed by atoms with E-state index in [1.54, 1.807) is 30.1 Å². The molecule has 0 radical (unpaired) electrons. The number of aryl methyl sites for hydroxylation is 1. The molecule has 178 valence electrons. The summed E-state index contributed by atoms with van der Waals surface area (Å²) in [4.78, 5) is 32.8. The number of benzene rings is 2. The van der Waals surface area contributed by atoms with Crippen molar-refractivity contribution in [3.8, 4) is 11.5 Å². The molecular weight excluding hydrogens is 505 g/mol. The number of hydrogen-bond acceptors (Lipinski definition) is 5. The first-order valence-electron chi connectivity index (χ1n) is 10.9. The number of amides is 3. The number of hydrogen-bond donors (Lipinski definition) is 2. The van der Waals surface area contributed by atoms with Gasteiger partial charge in [-0.2, -0.15) is 0 Å². The predicted molar refractivity (Wildman–Crippen MR) is 130 cm³/mol. The average Bonchev–Trinajstić information content (AvgIpc) is 3.20. The Balaban J connectivity index is 1.33. The molecule has 1 aliphatic rings. The molecule has 1 aromatic heterocycles. The molecule has 1 fully saturated rings. The first kappa shape index (κ1) is 23.9. The predicted octanol–water partition coefficient (Wildman–Crippen LogP) is 4.26. The summed E-state index contributed by atoms with van der Waals surface area (Å²) in [7, 11) is 1.59. The Morgan fingerprint density at radius 2 is 1.82 bits per heavy atom. The smallest absolute Gasteiger partial charge is 0.322 e. The Labute approximate surface area is 205 Å². The lowest BCUT2D eigenvalue weighted by Crippen LogP contribution is -2.49. The van der Waals surface area contributed by atoms with Crippen LogP contribution in [0.1, 0.15) is 21.8 Å². The molecule has 0 bridgehead atoms. The standard InChI is InChI=1S/C24H25BrFN5O3/c1-15-21(28-23(34-15)17-5-3-16(4-6-17)22(32)27-2)14-30-9-11-31(12-10-30)24(33)29-20-8-7-18(25)13-19(20)26/h3-8,13H,9-12,14H2,1-2H3,(H,27,32)(H,29,33). The lowest BCUT2D eigenvalue weighted by Gasteiger charge is -2.34. The highest BCUT2D eigenvalue weighted by atomic mass is 79.9. The highest BCUT2D eigenvalue weighted by molar-refractivity contribution is 9.10. The molecule has 1 saturated heterocycles. The van der Waals surface area contributed by atoms with Gasteiger partial charge in [0.1, 0.15) is 11.6 Å². The molecule has 3 aromatic rings. The molecule has 34 heavy (non-hydrogen) atoms. The number of anilines is 1. The van der Waals surface area contributed by atoms with Crippen LogP contribution in [0.15, 0.2) is 51.4 Å². The van der Waals surface area contributed by atoms with Crippen LogP contribution in [0.4, 0.5) is 14.9 Å². The van der Waals surface area contributed by atoms with Gasteiger partial charge in [0.2, 0.25) is 5.89 Å². The summed E-state index contributed by atoms with van der Waals surface area (Å²) in [6, 6.07) is 11.3. The number of halogens is 2. The van der Waals surface area contributed by atoms with Crippen LogP contribution in [0, 0.1) is 12.7 Å². The zero-order valence-corrected chi connectivity index (χ0v) is 20.5. The summed E-state index contributed by atoms with van der Waals surface area (Å²) in [5.41, 5.74) is 2.35. The molecule has 4 rings (SSSR count). The van der Waals surface area contributed by atoms with Crippen molar-refractivity contribution < 1.29 is 18.4 Å². The van der Waals surface area contributed by atoms with Crippen molar-refractivity contribution >= 4 is 33.6 Å². The molecule has 3 amide bonds. The average molecular weight is 530 g/mol. The van der Waals surface area contributed by atoms with Crippen molar-refractivity contribution in [3.63, 3.8) is 0 Å². The number of oxazole rings is 1. The van der Waals surface area contributed by atoms with Crippen LogP contribution in [0.25, 0.3) is 11.5 Å². The zero-order valence-electron chi connectivity index (χ0n) is 18.9. The topological polar surface area (TPSA) is 90.7 Å². The maximum Gasteiger partial charge on any atom is 0.322 e. The molecule has 8 nitrogen and oxygen atoms in total. The summed E-state index contributed by atoms with van der Waals surface area (Å²) in [6.45, 7) is 4.85. The number of nitrogens with zero attached hydrogens (tertiary/aromatic N) is 3. The van der Waals surface area contributed by atoms with Crippen molar-refractivity contribution in [2.75, 3.05) is 38.5 Å². The maximum absolute atomic E-state index is 14.0. The summed E-state index contributed by atoms with van der Waals surface area (Å²) >= 11 is 3.21. The molecule has 1 aliphatic heterocycles. The lowest BCUT2D eigenvalue weighted by atomic mass is 10.1. The van der Waals surface area contributed by atoms with Crippen LogP contribution in [0.5, 0.6) is 0 Å². The van der Waals surface area contributed by atoms with E-state index >= 15 is 0 Å². The van der Waals surface area contributed by atoms with Gasteiger partial charge in [-0.1, -0.05) is 15.9 Å². The Hall–Kier alpha value is -3.24. The van der Waals surface area contributed by atoms with E-state index in [1.165, 1.54) is 12.1 Å². The number of carbonyl (C=O) groups excluding carboxylic acids is 2. The number of piperazine rings is 1. The molecule has 2 aromatic carbocycles. The van der Waals surface area contributed by atoms with Crippen LogP contribution in [-0.4, -0.2) is 59.9 Å². The third-order valence-corrected chi connectivity index (χ3v) is 6.21. The van der Waals surface area contributed by atoms with E-state index < -0.39 is 5.82 Å². The van der Waals surface area contributed by atoms with Gasteiger partial charge in [-0.05, 0) is 49.4 Å². The van der Waals surface area contributed by atoms with Crippen molar-refractivity contribution in [1.82, 2.24) is 20.1 Å². The molecular formula is C24H25BrFN5O3. The Bertz CT molecular complexity index is 1190. The highest BCUT2D eigenvalue weighted by Gasteiger charge is 2.23. The normalized spacial score (nSPS) is 14.2. The van der Waals surface area contributed by atoms with E-state index in [0.29, 0.717) is 48.7 Å². The van der Waals surface area contributed by atoms with Gasteiger partial charge in [-0.3, -0.25) is 9.69 Å². The largest absolute Gasteiger partial charge is 0.441 e. The van der Waals surface area contributed by atoms with Crippen LogP contribution in [0.2, 0.25) is 0 Å². The maximum atomic E-state index is 14.0. The first-order valence-corrected chi connectivity index (χ1v) is 11.7. The molecule has 0 unspecified atom stereocenters. The fraction of sp³-hybridized carbons (Fsp3) is 0.292. The van der Waals surface area contributed by atoms with Crippen molar-refractivity contribution in [3.05, 3.63) is 69.8 Å². The monoisotopic (exact) mass is 529 g/mol. The number of rotatable bonds is 5. The highest BCUT2D eigenvalue weighted by Crippen LogP contribution is 2.24. The van der Waals surface area contributed by atoms with Crippen molar-refractivity contribution in [2.45, 2.75) is 13.5 Å². The molecule has 0 saturated carbocycles. The van der Waals surface area contributed by atoms with E-state index in [2.05, 4.69) is 36.4 Å². The van der Waals surface area contributed by atoms with Gasteiger partial charge in [0.25, 0.3) is 5.91 Å². The second-order valence-corrected chi connectivity index (χ2v) is 8.91. The Morgan fingerprint density at radius 3 is 2.47 bits per heavy atom. The van der Waals surface area contributed by atoms with Gasteiger partial charge in [-0.25, -0.2) is 14.2 Å². The number of urea groups is 1. The van der Waals surface area contributed by atoms with E-state index in [4.69, 9.17) is 4.42 Å². The van der Waals surface area contributed by atoms with Gasteiger partial charge in [-0.15, -0.1) is 0 Å². The summed E-state index contributed by atoms with van der Waals surface area (Å²) < 4.78 is 20.5. The molecule has 0 atom stereocenters. The Kier molecular flexibility index (Phi) is 7.28. The molecule has 0 aliphatic carbocycles. The summed E-state index contributed by atoms with van der Waals surface area (Å²) in [5.74, 6) is 0.606. The van der Waals surface area contributed by atoms with Crippen molar-refractivity contribution in [1.29, 1.82) is 0 Å². The van der Waals surface area contributed by atoms with Crippen LogP contribution < -0.4 is 10.6 Å². The molecule has 10 heteroatoms. The van der Waals surface area contributed by atoms with Gasteiger partial charge < -0.3 is 20.0 Å². The fourth-order valence-corrected chi connectivity index (χ4v) is 4.05. The van der Waals surface area contributed by atoms with Gasteiger partial charge in [0.15, 0.2) is 0 Å². The SMILES string of the molecule is CNC(=O)c1ccc(-c2nc(CN3CCN(C(=O)Nc4ccc(Br)cc4F)CC3)c(C)o2)cc1. The van der Waals surface area contributed by atoms with Gasteiger partial charge in [0, 0.05) is 55.4 Å². The Morgan fingerprint density at radius 1 is 1.12 bits per heavy atom. The summed E-state index contributed by atoms with van der Waals surface area (Å²) in [5, 5.41) is 5.23. The first-order chi connectivity index (χ1) is 16.3. The summed E-state index contributed by atoms with van der Waals surface area (Å²) in [6.07, 6.45) is 0. The van der Waals surface area contributed by atoms with Crippen LogP contribution >= 0.6 is 15.9 Å². The fourth-order valence-electron chi connectivity index (χ4n) is 3.71. The van der Waals surface area contributed by atoms with E-state index in [0.717, 1.165) is 17.0 Å². The lowest BCUT2D eigenvalue weighted by molar-refractivity contribution is 0.0963.